The Labute approximate surface area is 64.2 Å². The summed E-state index contributed by atoms with van der Waals surface area (Å²) in [5, 5.41) is 2.79. The summed E-state index contributed by atoms with van der Waals surface area (Å²) >= 11 is 0. The quantitative estimate of drug-likeness (QED) is 0.646. The Morgan fingerprint density at radius 2 is 2.55 bits per heavy atom. The Balaban J connectivity index is 2.92. The van der Waals surface area contributed by atoms with E-state index < -0.39 is 0 Å². The van der Waals surface area contributed by atoms with Crippen molar-refractivity contribution in [2.45, 2.75) is 0 Å². The number of rotatable bonds is 3. The fourth-order valence-electron chi connectivity index (χ4n) is 0.725. The smallest absolute Gasteiger partial charge is 0.298 e. The molecule has 0 fully saturated rings. The van der Waals surface area contributed by atoms with Gasteiger partial charge in [-0.1, -0.05) is 0 Å². The highest BCUT2D eigenvalue weighted by atomic mass is 16.5. The fraction of sp³-hybridized carbons (Fsp3) is 0.143. The molecule has 0 bridgehead atoms. The number of anilines is 1. The minimum Gasteiger partial charge on any atom is -0.425 e. The zero-order valence-electron chi connectivity index (χ0n) is 6.07. The summed E-state index contributed by atoms with van der Waals surface area (Å²) in [6.07, 6.45) is 1.61. The maximum Gasteiger partial charge on any atom is 0.298 e. The van der Waals surface area contributed by atoms with Gasteiger partial charge in [-0.2, -0.15) is 0 Å². The van der Waals surface area contributed by atoms with Gasteiger partial charge < -0.3 is 10.1 Å². The lowest BCUT2D eigenvalue weighted by atomic mass is 10.4. The molecule has 0 spiro atoms. The first kappa shape index (κ1) is 7.53. The van der Waals surface area contributed by atoms with E-state index >= 15 is 0 Å². The molecule has 0 aliphatic heterocycles. The lowest BCUT2D eigenvalue weighted by molar-refractivity contribution is -0.120. The van der Waals surface area contributed by atoms with Gasteiger partial charge in [0.25, 0.3) is 6.47 Å². The molecule has 1 N–H and O–H groups in total. The summed E-state index contributed by atoms with van der Waals surface area (Å²) in [6.45, 7) is 0.373. The summed E-state index contributed by atoms with van der Waals surface area (Å²) in [5.74, 6) is 0.990. The van der Waals surface area contributed by atoms with Gasteiger partial charge in [0.05, 0.1) is 0 Å². The summed E-state index contributed by atoms with van der Waals surface area (Å²) in [5.41, 5.74) is 0. The van der Waals surface area contributed by atoms with Crippen molar-refractivity contribution >= 4 is 12.3 Å². The zero-order chi connectivity index (χ0) is 8.10. The third kappa shape index (κ3) is 1.67. The monoisotopic (exact) mass is 152 g/mol. The lowest BCUT2D eigenvalue weighted by Gasteiger charge is -2.02. The maximum atomic E-state index is 9.96. The van der Waals surface area contributed by atoms with Gasteiger partial charge in [-0.15, -0.1) is 0 Å². The van der Waals surface area contributed by atoms with Crippen molar-refractivity contribution in [1.82, 2.24) is 4.98 Å². The molecule has 11 heavy (non-hydrogen) atoms. The molecule has 1 heterocycles. The molecular weight excluding hydrogens is 144 g/mol. The van der Waals surface area contributed by atoms with Crippen molar-refractivity contribution in [3.05, 3.63) is 18.3 Å². The number of hydrogen-bond donors (Lipinski definition) is 1. The van der Waals surface area contributed by atoms with Crippen LogP contribution in [-0.4, -0.2) is 18.5 Å². The molecule has 0 aromatic carbocycles. The van der Waals surface area contributed by atoms with Gasteiger partial charge in [-0.25, -0.2) is 4.98 Å². The largest absolute Gasteiger partial charge is 0.425 e. The van der Waals surface area contributed by atoms with Crippen LogP contribution < -0.4 is 10.1 Å². The van der Waals surface area contributed by atoms with Crippen molar-refractivity contribution in [1.29, 1.82) is 0 Å². The lowest BCUT2D eigenvalue weighted by Crippen LogP contribution is -1.97. The molecule has 0 unspecified atom stereocenters. The van der Waals surface area contributed by atoms with Gasteiger partial charge in [0, 0.05) is 13.2 Å². The van der Waals surface area contributed by atoms with Gasteiger partial charge in [0.1, 0.15) is 0 Å². The molecular formula is C7H8N2O2. The molecule has 0 amide bonds. The number of hydrogen-bond acceptors (Lipinski definition) is 4. The van der Waals surface area contributed by atoms with E-state index in [0.29, 0.717) is 18.0 Å². The van der Waals surface area contributed by atoms with Crippen LogP contribution >= 0.6 is 0 Å². The second kappa shape index (κ2) is 3.55. The first-order valence-electron chi connectivity index (χ1n) is 3.11. The van der Waals surface area contributed by atoms with Gasteiger partial charge in [0.2, 0.25) is 0 Å². The first-order chi connectivity index (χ1) is 5.38. The zero-order valence-corrected chi connectivity index (χ0v) is 6.07. The Morgan fingerprint density at radius 3 is 3.18 bits per heavy atom. The first-order valence-corrected chi connectivity index (χ1v) is 3.11. The minimum absolute atomic E-state index is 0.373. The van der Waals surface area contributed by atoms with E-state index in [1.54, 1.807) is 25.4 Å². The standard InChI is InChI=1S/C7H8N2O2/c1-8-7-6(11-5-10)3-2-4-9-7/h2-5H,1H3,(H,8,9). The molecule has 4 nitrogen and oxygen atoms in total. The summed E-state index contributed by atoms with van der Waals surface area (Å²) in [6, 6.07) is 3.35. The average molecular weight is 152 g/mol. The third-order valence-electron chi connectivity index (χ3n) is 1.18. The van der Waals surface area contributed by atoms with E-state index in [1.807, 2.05) is 0 Å². The van der Waals surface area contributed by atoms with Crippen LogP contribution in [0.1, 0.15) is 0 Å². The van der Waals surface area contributed by atoms with Gasteiger partial charge >= 0.3 is 0 Å². The van der Waals surface area contributed by atoms with E-state index in [9.17, 15) is 4.79 Å². The number of ether oxygens (including phenoxy) is 1. The SMILES string of the molecule is CNc1ncccc1OC=O. The normalized spacial score (nSPS) is 8.82. The van der Waals surface area contributed by atoms with E-state index in [2.05, 4.69) is 15.0 Å². The highest BCUT2D eigenvalue weighted by Crippen LogP contribution is 2.18. The number of carbonyl (C=O) groups excluding carboxylic acids is 1. The van der Waals surface area contributed by atoms with E-state index in [1.165, 1.54) is 0 Å². The molecule has 1 aromatic heterocycles. The average Bonchev–Trinajstić information content (AvgIpc) is 2.06. The van der Waals surface area contributed by atoms with E-state index in [-0.39, 0.29) is 0 Å². The fourth-order valence-corrected chi connectivity index (χ4v) is 0.725. The molecule has 0 saturated carbocycles. The van der Waals surface area contributed by atoms with Crippen molar-refractivity contribution in [3.63, 3.8) is 0 Å². The second-order valence-electron chi connectivity index (χ2n) is 1.81. The molecule has 0 aliphatic rings. The Bertz CT molecular complexity index is 250. The summed E-state index contributed by atoms with van der Waals surface area (Å²) in [7, 11) is 1.71. The number of aromatic nitrogens is 1. The van der Waals surface area contributed by atoms with Crippen LogP contribution in [0.3, 0.4) is 0 Å². The molecule has 58 valence electrons. The van der Waals surface area contributed by atoms with Crippen molar-refractivity contribution in [2.75, 3.05) is 12.4 Å². The molecule has 1 rings (SSSR count). The van der Waals surface area contributed by atoms with Crippen LogP contribution in [0.25, 0.3) is 0 Å². The van der Waals surface area contributed by atoms with Crippen molar-refractivity contribution in [3.8, 4) is 5.75 Å². The van der Waals surface area contributed by atoms with Crippen molar-refractivity contribution < 1.29 is 9.53 Å². The predicted molar refractivity (Wildman–Crippen MR) is 40.5 cm³/mol. The van der Waals surface area contributed by atoms with Crippen LogP contribution in [0.5, 0.6) is 5.75 Å². The van der Waals surface area contributed by atoms with Gasteiger partial charge in [0.15, 0.2) is 11.6 Å². The van der Waals surface area contributed by atoms with Gasteiger partial charge in [-0.3, -0.25) is 4.79 Å². The second-order valence-corrected chi connectivity index (χ2v) is 1.81. The van der Waals surface area contributed by atoms with Crippen LogP contribution in [-0.2, 0) is 4.79 Å². The molecule has 0 radical (unpaired) electrons. The number of nitrogens with zero attached hydrogens (tertiary/aromatic N) is 1. The Morgan fingerprint density at radius 1 is 1.73 bits per heavy atom. The predicted octanol–water partition coefficient (Wildman–Crippen LogP) is 0.658. The number of carbonyl (C=O) groups is 1. The third-order valence-corrected chi connectivity index (χ3v) is 1.18. The topological polar surface area (TPSA) is 51.2 Å². The highest BCUT2D eigenvalue weighted by molar-refractivity contribution is 5.55. The number of nitrogens with one attached hydrogen (secondary N) is 1. The number of pyridine rings is 1. The highest BCUT2D eigenvalue weighted by Gasteiger charge is 1.99. The van der Waals surface area contributed by atoms with E-state index in [0.717, 1.165) is 0 Å². The van der Waals surface area contributed by atoms with E-state index in [4.69, 9.17) is 0 Å². The molecule has 0 aliphatic carbocycles. The van der Waals surface area contributed by atoms with Gasteiger partial charge in [-0.05, 0) is 12.1 Å². The Kier molecular flexibility index (Phi) is 2.43. The summed E-state index contributed by atoms with van der Waals surface area (Å²) < 4.78 is 4.62. The van der Waals surface area contributed by atoms with Crippen molar-refractivity contribution in [2.24, 2.45) is 0 Å². The molecule has 1 aromatic rings. The van der Waals surface area contributed by atoms with Crippen LogP contribution in [0, 0.1) is 0 Å². The van der Waals surface area contributed by atoms with Crippen LogP contribution in [0.15, 0.2) is 18.3 Å². The van der Waals surface area contributed by atoms with Crippen LogP contribution in [0.4, 0.5) is 5.82 Å². The summed E-state index contributed by atoms with van der Waals surface area (Å²) in [4.78, 5) is 13.9. The maximum absolute atomic E-state index is 9.96. The minimum atomic E-state index is 0.373. The molecule has 0 saturated heterocycles. The molecule has 0 atom stereocenters. The Hall–Kier alpha value is -1.58. The van der Waals surface area contributed by atoms with Crippen LogP contribution in [0.2, 0.25) is 0 Å². The molecule has 4 heteroatoms.